The van der Waals surface area contributed by atoms with Crippen LogP contribution < -0.4 is 37.2 Å². The Balaban J connectivity index is 0.00000140. The van der Waals surface area contributed by atoms with Crippen LogP contribution >= 0.6 is 0 Å². The molecule has 0 aromatic heterocycles. The van der Waals surface area contributed by atoms with Gasteiger partial charge in [-0.2, -0.15) is 0 Å². The predicted molar refractivity (Wildman–Crippen MR) is 109 cm³/mol. The minimum absolute atomic E-state index is 0. The van der Waals surface area contributed by atoms with Crippen LogP contribution in [0.4, 0.5) is 0 Å². The minimum Gasteiger partial charge on any atom is -1.00 e. The number of rotatable bonds is 4. The number of benzene rings is 2. The second kappa shape index (κ2) is 9.28. The zero-order valence-electron chi connectivity index (χ0n) is 17.4. The van der Waals surface area contributed by atoms with Crippen LogP contribution in [-0.4, -0.2) is 0 Å². The molecular weight excluding hydrogens is 551 g/mol. The van der Waals surface area contributed by atoms with Crippen LogP contribution in [0.5, 0.6) is 0 Å². The van der Waals surface area contributed by atoms with Gasteiger partial charge in [0.15, 0.2) is 0 Å². The molecule has 2 aliphatic rings. The Kier molecular flexibility index (Phi) is 7.96. The summed E-state index contributed by atoms with van der Waals surface area (Å²) in [4.78, 5) is 0. The van der Waals surface area contributed by atoms with Gasteiger partial charge in [0.1, 0.15) is 0 Å². The molecule has 0 bridgehead atoms. The van der Waals surface area contributed by atoms with Gasteiger partial charge in [-0.25, -0.2) is 0 Å². The van der Waals surface area contributed by atoms with Gasteiger partial charge >= 0.3 is 171 Å². The molecule has 146 valence electrons. The number of fused-ring (bicyclic) bond motifs is 3. The average molecular weight is 580 g/mol. The van der Waals surface area contributed by atoms with Crippen molar-refractivity contribution in [3.8, 4) is 11.1 Å². The Morgan fingerprint density at radius 3 is 2.29 bits per heavy atom. The first-order valence-corrected chi connectivity index (χ1v) is 12.3. The molecule has 0 spiro atoms. The van der Waals surface area contributed by atoms with Gasteiger partial charge in [-0.1, -0.05) is 0 Å². The number of allylic oxidation sites excluding steroid dienone is 4. The SMILES string of the molecule is CCCC1=C(C)C(C)=C(C)[C]1(C)[Zr+2][c]1cccc2c1Cc1ccccc1-2.[Br-].[Br-]. The third kappa shape index (κ3) is 3.77. The van der Waals surface area contributed by atoms with E-state index in [-0.39, 0.29) is 34.0 Å². The maximum Gasteiger partial charge on any atom is -1.00 e. The monoisotopic (exact) mass is 576 g/mol. The summed E-state index contributed by atoms with van der Waals surface area (Å²) in [5.74, 6) is 0. The van der Waals surface area contributed by atoms with Crippen LogP contribution in [0.2, 0.25) is 3.12 Å². The van der Waals surface area contributed by atoms with E-state index < -0.39 is 23.2 Å². The molecule has 0 N–H and O–H groups in total. The Bertz CT molecular complexity index is 955. The fraction of sp³-hybridized carbons (Fsp3) is 0.360. The average Bonchev–Trinajstić information content (AvgIpc) is 3.10. The van der Waals surface area contributed by atoms with Gasteiger partial charge in [0.25, 0.3) is 0 Å². The van der Waals surface area contributed by atoms with Crippen molar-refractivity contribution >= 4 is 3.27 Å². The van der Waals surface area contributed by atoms with E-state index in [0.29, 0.717) is 3.12 Å². The first-order chi connectivity index (χ1) is 12.5. The summed E-state index contributed by atoms with van der Waals surface area (Å²) < 4.78 is 2.05. The topological polar surface area (TPSA) is 0 Å². The summed E-state index contributed by atoms with van der Waals surface area (Å²) in [6.45, 7) is 12.0. The zero-order valence-corrected chi connectivity index (χ0v) is 23.0. The van der Waals surface area contributed by atoms with Crippen molar-refractivity contribution in [1.82, 2.24) is 0 Å². The fourth-order valence-electron chi connectivity index (χ4n) is 4.88. The Labute approximate surface area is 203 Å². The molecule has 2 aliphatic carbocycles. The van der Waals surface area contributed by atoms with E-state index in [0.717, 1.165) is 6.42 Å². The first kappa shape index (κ1) is 24.0. The first-order valence-electron chi connectivity index (χ1n) is 9.84. The van der Waals surface area contributed by atoms with E-state index >= 15 is 0 Å². The second-order valence-electron chi connectivity index (χ2n) is 8.02. The molecule has 0 nitrogen and oxygen atoms in total. The third-order valence-electron chi connectivity index (χ3n) is 6.67. The molecule has 0 saturated carbocycles. The van der Waals surface area contributed by atoms with Crippen LogP contribution in [0.15, 0.2) is 64.8 Å². The molecule has 0 fully saturated rings. The van der Waals surface area contributed by atoms with Crippen LogP contribution in [-0.2, 0) is 29.7 Å². The quantitative estimate of drug-likeness (QED) is 0.426. The molecule has 1 atom stereocenters. The van der Waals surface area contributed by atoms with Gasteiger partial charge in [0.05, 0.1) is 0 Å². The molecule has 28 heavy (non-hydrogen) atoms. The summed E-state index contributed by atoms with van der Waals surface area (Å²) in [6, 6.07) is 16.1. The van der Waals surface area contributed by atoms with Crippen LogP contribution in [0.25, 0.3) is 11.1 Å². The maximum absolute atomic E-state index is 2.56. The van der Waals surface area contributed by atoms with Gasteiger partial charge in [0.2, 0.25) is 0 Å². The smallest absolute Gasteiger partial charge is 1.00 e. The van der Waals surface area contributed by atoms with E-state index in [2.05, 4.69) is 77.1 Å². The molecular formula is C25H28Br2Zr. The summed E-state index contributed by atoms with van der Waals surface area (Å²) in [7, 11) is 0. The van der Waals surface area contributed by atoms with Crippen molar-refractivity contribution in [2.45, 2.75) is 57.0 Å². The van der Waals surface area contributed by atoms with Crippen molar-refractivity contribution in [1.29, 1.82) is 0 Å². The van der Waals surface area contributed by atoms with Crippen LogP contribution in [0, 0.1) is 0 Å². The summed E-state index contributed by atoms with van der Waals surface area (Å²) in [5, 5.41) is 0. The maximum atomic E-state index is 2.56. The molecule has 4 rings (SSSR count). The Hall–Kier alpha value is -0.237. The van der Waals surface area contributed by atoms with E-state index in [9.17, 15) is 0 Å². The normalized spacial score (nSPS) is 19.6. The van der Waals surface area contributed by atoms with Gasteiger partial charge in [-0.05, 0) is 0 Å². The standard InChI is InChI=1S/C13H9.C12H19.2BrH.Zr/c1-3-7-12-10(5-1)9-11-6-2-4-8-13(11)12;1-6-7-12-10(4)8(2)9(3)11(12)5;;;/h1-5,7-8H,9H2;6-7H2,1-5H3;2*1H;/q;;;;+2/p-2. The van der Waals surface area contributed by atoms with Crippen molar-refractivity contribution in [3.05, 3.63) is 75.9 Å². The molecule has 2 aromatic rings. The molecule has 1 unspecified atom stereocenters. The Morgan fingerprint density at radius 1 is 0.893 bits per heavy atom. The number of hydrogen-bond donors (Lipinski definition) is 0. The summed E-state index contributed by atoms with van der Waals surface area (Å²) in [5.41, 5.74) is 12.6. The van der Waals surface area contributed by atoms with E-state index in [4.69, 9.17) is 0 Å². The summed E-state index contributed by atoms with van der Waals surface area (Å²) >= 11 is -0.818. The molecule has 0 amide bonds. The van der Waals surface area contributed by atoms with Crippen LogP contribution in [0.1, 0.15) is 58.6 Å². The van der Waals surface area contributed by atoms with Gasteiger partial charge in [-0.3, -0.25) is 0 Å². The van der Waals surface area contributed by atoms with Crippen molar-refractivity contribution < 1.29 is 57.2 Å². The third-order valence-corrected chi connectivity index (χ3v) is 11.4. The minimum atomic E-state index is -0.818. The largest absolute Gasteiger partial charge is 1.00 e. The molecule has 0 saturated heterocycles. The molecule has 3 heteroatoms. The van der Waals surface area contributed by atoms with E-state index in [1.165, 1.54) is 29.5 Å². The van der Waals surface area contributed by atoms with Gasteiger partial charge < -0.3 is 34.0 Å². The molecule has 2 aromatic carbocycles. The van der Waals surface area contributed by atoms with Crippen molar-refractivity contribution in [2.75, 3.05) is 0 Å². The predicted octanol–water partition coefficient (Wildman–Crippen LogP) is 0.619. The van der Waals surface area contributed by atoms with Gasteiger partial charge in [0, 0.05) is 0 Å². The molecule has 0 radical (unpaired) electrons. The van der Waals surface area contributed by atoms with E-state index in [1.807, 2.05) is 0 Å². The van der Waals surface area contributed by atoms with Crippen molar-refractivity contribution in [2.24, 2.45) is 0 Å². The van der Waals surface area contributed by atoms with Gasteiger partial charge in [-0.15, -0.1) is 0 Å². The Morgan fingerprint density at radius 2 is 1.57 bits per heavy atom. The number of halogens is 2. The zero-order chi connectivity index (χ0) is 18.5. The number of hydrogen-bond acceptors (Lipinski definition) is 0. The fourth-order valence-corrected chi connectivity index (χ4v) is 9.63. The molecule has 0 heterocycles. The van der Waals surface area contributed by atoms with E-state index in [1.54, 1.807) is 31.1 Å². The molecule has 0 aliphatic heterocycles. The summed E-state index contributed by atoms with van der Waals surface area (Å²) in [6.07, 6.45) is 3.64. The van der Waals surface area contributed by atoms with Crippen molar-refractivity contribution in [3.63, 3.8) is 0 Å². The van der Waals surface area contributed by atoms with Crippen LogP contribution in [0.3, 0.4) is 0 Å². The second-order valence-corrected chi connectivity index (χ2v) is 12.4.